The first-order chi connectivity index (χ1) is 24.6. The first-order valence-corrected chi connectivity index (χ1v) is 18.0. The number of nitrogens with one attached hydrogen (secondary N) is 2. The van der Waals surface area contributed by atoms with Gasteiger partial charge in [0.2, 0.25) is 11.8 Å². The van der Waals surface area contributed by atoms with E-state index in [0.29, 0.717) is 41.0 Å². The summed E-state index contributed by atoms with van der Waals surface area (Å²) in [7, 11) is 0. The highest BCUT2D eigenvalue weighted by atomic mass is 35.5. The van der Waals surface area contributed by atoms with Crippen molar-refractivity contribution in [3.8, 4) is 17.2 Å². The minimum Gasteiger partial charge on any atom is -0.385 e. The molecule has 1 unspecified atom stereocenters. The zero-order chi connectivity index (χ0) is 35.8. The molecule has 0 spiro atoms. The fourth-order valence-corrected chi connectivity index (χ4v) is 8.10. The van der Waals surface area contributed by atoms with E-state index in [-0.39, 0.29) is 18.2 Å². The second kappa shape index (κ2) is 14.2. The predicted octanol–water partition coefficient (Wildman–Crippen LogP) is 7.61. The van der Waals surface area contributed by atoms with Gasteiger partial charge in [0.05, 0.1) is 16.3 Å². The van der Waals surface area contributed by atoms with Crippen molar-refractivity contribution in [2.45, 2.75) is 71.9 Å². The topological polar surface area (TPSA) is 132 Å². The maximum absolute atomic E-state index is 13.1. The third-order valence-corrected chi connectivity index (χ3v) is 11.0. The Morgan fingerprint density at radius 3 is 2.49 bits per heavy atom. The molecule has 1 saturated heterocycles. The Morgan fingerprint density at radius 1 is 1.00 bits per heavy atom. The van der Waals surface area contributed by atoms with Crippen molar-refractivity contribution in [2.24, 2.45) is 11.8 Å². The molecule has 2 N–H and O–H groups in total. The number of amides is 3. The number of halogens is 1. The third kappa shape index (κ3) is 6.95. The van der Waals surface area contributed by atoms with E-state index < -0.39 is 11.9 Å². The summed E-state index contributed by atoms with van der Waals surface area (Å²) in [5, 5.41) is 20.1. The number of hydrogen-bond acceptors (Lipinski definition) is 8. The average Bonchev–Trinajstić information content (AvgIpc) is 3.63. The zero-order valence-electron chi connectivity index (χ0n) is 29.1. The molecule has 2 fully saturated rings. The van der Waals surface area contributed by atoms with Crippen LogP contribution in [0.5, 0.6) is 0 Å². The molecule has 4 aromatic rings. The van der Waals surface area contributed by atoms with Gasteiger partial charge in [-0.2, -0.15) is 5.26 Å². The first kappa shape index (κ1) is 34.3. The molecular formula is C40H41ClN6O4. The summed E-state index contributed by atoms with van der Waals surface area (Å²) in [6.07, 6.45) is 4.92. The van der Waals surface area contributed by atoms with Crippen LogP contribution in [-0.2, 0) is 16.1 Å². The van der Waals surface area contributed by atoms with Crippen LogP contribution in [0.2, 0.25) is 5.02 Å². The molecule has 2 aliphatic heterocycles. The van der Waals surface area contributed by atoms with Crippen molar-refractivity contribution < 1.29 is 18.9 Å². The van der Waals surface area contributed by atoms with Gasteiger partial charge in [-0.15, -0.1) is 0 Å². The highest BCUT2D eigenvalue weighted by Crippen LogP contribution is 2.39. The van der Waals surface area contributed by atoms with E-state index in [2.05, 4.69) is 51.9 Å². The third-order valence-electron chi connectivity index (χ3n) is 10.7. The van der Waals surface area contributed by atoms with Gasteiger partial charge in [-0.1, -0.05) is 28.9 Å². The smallest absolute Gasteiger partial charge is 0.255 e. The van der Waals surface area contributed by atoms with Crippen molar-refractivity contribution in [1.29, 1.82) is 5.26 Å². The number of hydrogen-bond donors (Lipinski definition) is 2. The summed E-state index contributed by atoms with van der Waals surface area (Å²) >= 11 is 6.57. The molecule has 3 aliphatic rings. The average molecular weight is 705 g/mol. The Labute approximate surface area is 302 Å². The van der Waals surface area contributed by atoms with E-state index in [1.165, 1.54) is 0 Å². The number of nitriles is 1. The molecule has 51 heavy (non-hydrogen) atoms. The van der Waals surface area contributed by atoms with Crippen LogP contribution in [0.1, 0.15) is 77.0 Å². The van der Waals surface area contributed by atoms with Gasteiger partial charge in [0.25, 0.3) is 5.91 Å². The van der Waals surface area contributed by atoms with Gasteiger partial charge in [0, 0.05) is 54.2 Å². The van der Waals surface area contributed by atoms with Crippen molar-refractivity contribution in [3.05, 3.63) is 93.3 Å². The largest absolute Gasteiger partial charge is 0.385 e. The van der Waals surface area contributed by atoms with Crippen molar-refractivity contribution in [1.82, 2.24) is 15.4 Å². The molecule has 1 atom stereocenters. The molecule has 1 aliphatic carbocycles. The van der Waals surface area contributed by atoms with Gasteiger partial charge in [0.1, 0.15) is 17.9 Å². The summed E-state index contributed by atoms with van der Waals surface area (Å²) in [5.41, 5.74) is 9.01. The lowest BCUT2D eigenvalue weighted by Gasteiger charge is -2.35. The second-order valence-electron chi connectivity index (χ2n) is 14.1. The fraction of sp³-hybridized carbons (Fsp3) is 0.375. The molecule has 7 rings (SSSR count). The van der Waals surface area contributed by atoms with E-state index in [1.807, 2.05) is 44.2 Å². The van der Waals surface area contributed by atoms with Crippen LogP contribution in [0.25, 0.3) is 11.1 Å². The summed E-state index contributed by atoms with van der Waals surface area (Å²) in [6, 6.07) is 19.5. The Hall–Kier alpha value is -5.14. The van der Waals surface area contributed by atoms with Gasteiger partial charge >= 0.3 is 0 Å². The number of anilines is 3. The van der Waals surface area contributed by atoms with Gasteiger partial charge in [-0.05, 0) is 124 Å². The molecule has 10 nitrogen and oxygen atoms in total. The van der Waals surface area contributed by atoms with Crippen LogP contribution in [0.15, 0.2) is 59.1 Å². The van der Waals surface area contributed by atoms with E-state index in [1.54, 1.807) is 11.0 Å². The fourth-order valence-electron chi connectivity index (χ4n) is 7.88. The molecule has 0 bridgehead atoms. The van der Waals surface area contributed by atoms with E-state index in [9.17, 15) is 19.6 Å². The number of aryl methyl sites for hydroxylation is 3. The van der Waals surface area contributed by atoms with Crippen molar-refractivity contribution >= 4 is 46.4 Å². The normalized spacial score (nSPS) is 20.2. The Morgan fingerprint density at radius 2 is 1.78 bits per heavy atom. The number of nitrogens with zero attached hydrogens (tertiary/aromatic N) is 4. The summed E-state index contributed by atoms with van der Waals surface area (Å²) < 4.78 is 5.49. The van der Waals surface area contributed by atoms with Crippen molar-refractivity contribution in [3.63, 3.8) is 0 Å². The van der Waals surface area contributed by atoms with Gasteiger partial charge in [0.15, 0.2) is 0 Å². The lowest BCUT2D eigenvalue weighted by atomic mass is 9.81. The van der Waals surface area contributed by atoms with Crippen LogP contribution in [0.3, 0.4) is 0 Å². The van der Waals surface area contributed by atoms with E-state index in [4.69, 9.17) is 16.1 Å². The maximum Gasteiger partial charge on any atom is 0.255 e. The summed E-state index contributed by atoms with van der Waals surface area (Å²) in [6.45, 7) is 8.03. The number of carbonyl (C=O) groups is 3. The molecular weight excluding hydrogens is 664 g/mol. The monoisotopic (exact) mass is 704 g/mol. The molecule has 1 saturated carbocycles. The Balaban J connectivity index is 1.01. The minimum absolute atomic E-state index is 0.160. The number of fused-ring (bicyclic) bond motifs is 1. The highest BCUT2D eigenvalue weighted by molar-refractivity contribution is 6.32. The number of aromatic nitrogens is 1. The maximum atomic E-state index is 13.1. The number of imide groups is 1. The van der Waals surface area contributed by atoms with E-state index in [0.717, 1.165) is 89.5 Å². The lowest BCUT2D eigenvalue weighted by molar-refractivity contribution is -0.136. The molecule has 3 aromatic carbocycles. The zero-order valence-corrected chi connectivity index (χ0v) is 29.8. The SMILES string of the molecule is Cc1ccc(-c2c(C)noc2C)cc1N(C[C@H]1CC[C@H](CNc2ccc3c(c2)CN(C2CCC(=O)NC2=O)C3=O)CC1)c1ccc(C#N)c(Cl)c1. The molecule has 0 radical (unpaired) electrons. The van der Waals surface area contributed by atoms with Gasteiger partial charge in [-0.3, -0.25) is 19.7 Å². The number of benzene rings is 3. The summed E-state index contributed by atoms with van der Waals surface area (Å²) in [4.78, 5) is 41.1. The number of rotatable bonds is 9. The van der Waals surface area contributed by atoms with Crippen LogP contribution in [0.4, 0.5) is 17.1 Å². The van der Waals surface area contributed by atoms with Crippen LogP contribution in [-0.4, -0.2) is 46.9 Å². The Bertz CT molecular complexity index is 2040. The first-order valence-electron chi connectivity index (χ1n) is 17.6. The molecule has 262 valence electrons. The van der Waals surface area contributed by atoms with Crippen LogP contribution >= 0.6 is 11.6 Å². The van der Waals surface area contributed by atoms with Crippen LogP contribution < -0.4 is 15.5 Å². The quantitative estimate of drug-likeness (QED) is 0.170. The standard InChI is InChI=1S/C40H41ClN6O4/c1-23-4-9-28(38-24(2)45-51-25(38)3)17-36(23)46(32-12-10-29(19-42)34(41)18-32)21-27-7-5-26(6-8-27)20-43-31-11-13-33-30(16-31)22-47(40(33)50)35-14-15-37(48)44-39(35)49/h4,9-13,16-18,26-27,35,43H,5-8,14-15,20-22H2,1-3H3,(H,44,48,49)/t26-,27-,35?. The number of piperidine rings is 1. The Kier molecular flexibility index (Phi) is 9.58. The second-order valence-corrected chi connectivity index (χ2v) is 14.5. The number of carbonyl (C=O) groups excluding carboxylic acids is 3. The summed E-state index contributed by atoms with van der Waals surface area (Å²) in [5.74, 6) is 0.910. The molecule has 3 amide bonds. The molecule has 11 heteroatoms. The van der Waals surface area contributed by atoms with Crippen LogP contribution in [0, 0.1) is 43.9 Å². The van der Waals surface area contributed by atoms with Gasteiger partial charge < -0.3 is 19.6 Å². The molecule has 3 heterocycles. The van der Waals surface area contributed by atoms with Crippen molar-refractivity contribution in [2.75, 3.05) is 23.3 Å². The molecule has 1 aromatic heterocycles. The highest BCUT2D eigenvalue weighted by Gasteiger charge is 2.39. The van der Waals surface area contributed by atoms with Gasteiger partial charge in [-0.25, -0.2) is 0 Å². The minimum atomic E-state index is -0.617. The van der Waals surface area contributed by atoms with E-state index >= 15 is 0 Å². The lowest BCUT2D eigenvalue weighted by Crippen LogP contribution is -2.52. The predicted molar refractivity (Wildman–Crippen MR) is 196 cm³/mol.